The molecule has 0 bridgehead atoms. The largest absolute Gasteiger partial charge is 0.372 e. The first kappa shape index (κ1) is 12.8. The molecule has 1 saturated heterocycles. The van der Waals surface area contributed by atoms with Crippen molar-refractivity contribution in [2.75, 3.05) is 34.3 Å². The Labute approximate surface area is 68.9 Å². The number of nitrogens with two attached hydrogens (primary N) is 1. The Balaban J connectivity index is 0. The van der Waals surface area contributed by atoms with Crippen molar-refractivity contribution in [2.24, 2.45) is 5.73 Å². The van der Waals surface area contributed by atoms with E-state index in [4.69, 9.17) is 10.5 Å². The Hall–Kier alpha value is 0.170. The van der Waals surface area contributed by atoms with Gasteiger partial charge >= 0.3 is 0 Å². The quantitative estimate of drug-likeness (QED) is 0.558. The fourth-order valence-electron chi connectivity index (χ4n) is 0.204. The Morgan fingerprint density at radius 3 is 1.80 bits per heavy atom. The molecule has 1 unspecified atom stereocenters. The summed E-state index contributed by atoms with van der Waals surface area (Å²) in [6.45, 7) is 1.58. The third-order valence-corrected chi connectivity index (χ3v) is 0.665. The van der Waals surface area contributed by atoms with Crippen molar-refractivity contribution in [1.29, 1.82) is 0 Å². The van der Waals surface area contributed by atoms with E-state index in [9.17, 15) is 0 Å². The first-order chi connectivity index (χ1) is 4.16. The van der Waals surface area contributed by atoms with Gasteiger partial charge in [0.1, 0.15) is 0 Å². The zero-order valence-electron chi connectivity index (χ0n) is 6.83. The highest BCUT2D eigenvalue weighted by Crippen LogP contribution is 2.03. The first-order valence-corrected chi connectivity index (χ1v) is 3.09. The van der Waals surface area contributed by atoms with Gasteiger partial charge in [0.2, 0.25) is 0 Å². The third-order valence-electron chi connectivity index (χ3n) is 0.665. The lowest BCUT2D eigenvalue weighted by Gasteiger charge is -1.90. The molecule has 0 aromatic heterocycles. The van der Waals surface area contributed by atoms with Gasteiger partial charge in [0, 0.05) is 6.54 Å². The van der Waals surface area contributed by atoms with E-state index in [0.29, 0.717) is 12.6 Å². The fourth-order valence-corrected chi connectivity index (χ4v) is 0.204. The van der Waals surface area contributed by atoms with Crippen molar-refractivity contribution in [3.63, 3.8) is 0 Å². The van der Waals surface area contributed by atoms with Crippen LogP contribution in [0.1, 0.15) is 0 Å². The number of rotatable bonds is 1. The van der Waals surface area contributed by atoms with Crippen LogP contribution in [0, 0.1) is 0 Å². The van der Waals surface area contributed by atoms with Gasteiger partial charge in [-0.15, -0.1) is 12.4 Å². The van der Waals surface area contributed by atoms with E-state index in [2.05, 4.69) is 0 Å². The summed E-state index contributed by atoms with van der Waals surface area (Å²) >= 11 is 0. The molecule has 0 radical (unpaired) electrons. The highest BCUT2D eigenvalue weighted by molar-refractivity contribution is 5.85. The smallest absolute Gasteiger partial charge is 0.0931 e. The fraction of sp³-hybridized carbons (Fsp3) is 1.00. The van der Waals surface area contributed by atoms with Crippen LogP contribution in [0.2, 0.25) is 0 Å². The van der Waals surface area contributed by atoms with Gasteiger partial charge in [-0.25, -0.2) is 0 Å². The Morgan fingerprint density at radius 2 is 1.80 bits per heavy atom. The van der Waals surface area contributed by atoms with E-state index >= 15 is 0 Å². The minimum Gasteiger partial charge on any atom is -0.372 e. The van der Waals surface area contributed by atoms with Gasteiger partial charge in [-0.1, -0.05) is 0 Å². The number of epoxide rings is 1. The summed E-state index contributed by atoms with van der Waals surface area (Å²) in [4.78, 5) is 2.00. The van der Waals surface area contributed by atoms with E-state index < -0.39 is 0 Å². The SMILES string of the molecule is CN(C)C.Cl.NCC1CO1. The first-order valence-electron chi connectivity index (χ1n) is 3.09. The highest BCUT2D eigenvalue weighted by atomic mass is 35.5. The van der Waals surface area contributed by atoms with Crippen LogP contribution in [-0.4, -0.2) is 45.3 Å². The molecule has 0 aliphatic carbocycles. The molecule has 1 aliphatic heterocycles. The van der Waals surface area contributed by atoms with E-state index in [1.54, 1.807) is 0 Å². The third kappa shape index (κ3) is 15.7. The summed E-state index contributed by atoms with van der Waals surface area (Å²) in [6, 6.07) is 0. The van der Waals surface area contributed by atoms with Gasteiger partial charge in [-0.2, -0.15) is 0 Å². The van der Waals surface area contributed by atoms with Crippen molar-refractivity contribution in [3.8, 4) is 0 Å². The number of hydrogen-bond donors (Lipinski definition) is 1. The van der Waals surface area contributed by atoms with Crippen LogP contribution >= 0.6 is 12.4 Å². The summed E-state index contributed by atoms with van der Waals surface area (Å²) in [6.07, 6.45) is 0.412. The molecular weight excluding hydrogens is 152 g/mol. The van der Waals surface area contributed by atoms with Crippen LogP contribution in [0.15, 0.2) is 0 Å². The van der Waals surface area contributed by atoms with Crippen LogP contribution in [0.3, 0.4) is 0 Å². The molecular formula is C6H17ClN2O. The number of hydrogen-bond acceptors (Lipinski definition) is 3. The predicted molar refractivity (Wildman–Crippen MR) is 45.7 cm³/mol. The molecule has 10 heavy (non-hydrogen) atoms. The van der Waals surface area contributed by atoms with Gasteiger partial charge in [0.25, 0.3) is 0 Å². The minimum absolute atomic E-state index is 0. The molecule has 2 N–H and O–H groups in total. The second-order valence-corrected chi connectivity index (χ2v) is 2.53. The average Bonchev–Trinajstić information content (AvgIpc) is 2.43. The molecule has 0 saturated carbocycles. The zero-order chi connectivity index (χ0) is 7.28. The van der Waals surface area contributed by atoms with Gasteiger partial charge in [0.15, 0.2) is 0 Å². The van der Waals surface area contributed by atoms with Gasteiger partial charge < -0.3 is 15.4 Å². The second kappa shape index (κ2) is 7.28. The number of halogens is 1. The summed E-state index contributed by atoms with van der Waals surface area (Å²) in [5.41, 5.74) is 5.11. The van der Waals surface area contributed by atoms with E-state index in [-0.39, 0.29) is 12.4 Å². The van der Waals surface area contributed by atoms with Crippen LogP contribution in [0.25, 0.3) is 0 Å². The molecule has 0 spiro atoms. The highest BCUT2D eigenvalue weighted by Gasteiger charge is 2.18. The monoisotopic (exact) mass is 168 g/mol. The maximum absolute atomic E-state index is 5.11. The average molecular weight is 169 g/mol. The van der Waals surface area contributed by atoms with E-state index in [1.807, 2.05) is 26.0 Å². The van der Waals surface area contributed by atoms with Crippen LogP contribution in [0.5, 0.6) is 0 Å². The lowest BCUT2D eigenvalue weighted by Crippen LogP contribution is -2.05. The van der Waals surface area contributed by atoms with Crippen LogP contribution in [-0.2, 0) is 4.74 Å². The van der Waals surface area contributed by atoms with Gasteiger partial charge in [-0.05, 0) is 21.1 Å². The second-order valence-electron chi connectivity index (χ2n) is 2.53. The molecule has 4 heteroatoms. The van der Waals surface area contributed by atoms with Crippen molar-refractivity contribution in [3.05, 3.63) is 0 Å². The summed E-state index contributed by atoms with van der Waals surface area (Å²) < 4.78 is 4.73. The normalized spacial score (nSPS) is 20.7. The van der Waals surface area contributed by atoms with Gasteiger partial charge in [0.05, 0.1) is 12.7 Å². The molecule has 0 aromatic carbocycles. The minimum atomic E-state index is 0. The van der Waals surface area contributed by atoms with Crippen LogP contribution in [0.4, 0.5) is 0 Å². The number of ether oxygens (including phenoxy) is 1. The van der Waals surface area contributed by atoms with Crippen molar-refractivity contribution >= 4 is 12.4 Å². The molecule has 0 amide bonds. The molecule has 1 rings (SSSR count). The lowest BCUT2D eigenvalue weighted by molar-refractivity contribution is 0.412. The Bertz CT molecular complexity index is 64.0. The lowest BCUT2D eigenvalue weighted by atomic mass is 10.5. The standard InChI is InChI=1S/C3H7NO.C3H9N.ClH/c4-1-3-2-5-3;1-4(2)3;/h3H,1-2,4H2;1-3H3;1H. The predicted octanol–water partition coefficient (Wildman–Crippen LogP) is -0.0565. The molecule has 64 valence electrons. The Kier molecular flexibility index (Phi) is 9.33. The topological polar surface area (TPSA) is 41.8 Å². The zero-order valence-corrected chi connectivity index (χ0v) is 7.65. The van der Waals surface area contributed by atoms with Crippen molar-refractivity contribution in [1.82, 2.24) is 4.90 Å². The molecule has 1 heterocycles. The number of nitrogens with zero attached hydrogens (tertiary/aromatic N) is 1. The summed E-state index contributed by atoms with van der Waals surface area (Å²) in [5.74, 6) is 0. The summed E-state index contributed by atoms with van der Waals surface area (Å²) in [5, 5.41) is 0. The maximum atomic E-state index is 5.11. The maximum Gasteiger partial charge on any atom is 0.0931 e. The Morgan fingerprint density at radius 1 is 1.50 bits per heavy atom. The summed E-state index contributed by atoms with van der Waals surface area (Å²) in [7, 11) is 6.00. The van der Waals surface area contributed by atoms with Crippen molar-refractivity contribution < 1.29 is 4.74 Å². The van der Waals surface area contributed by atoms with E-state index in [1.165, 1.54) is 0 Å². The van der Waals surface area contributed by atoms with Crippen molar-refractivity contribution in [2.45, 2.75) is 6.10 Å². The molecule has 1 aliphatic rings. The molecule has 1 fully saturated rings. The molecule has 1 atom stereocenters. The molecule has 3 nitrogen and oxygen atoms in total. The van der Waals surface area contributed by atoms with E-state index in [0.717, 1.165) is 6.61 Å². The van der Waals surface area contributed by atoms with Gasteiger partial charge in [-0.3, -0.25) is 0 Å². The van der Waals surface area contributed by atoms with Crippen LogP contribution < -0.4 is 5.73 Å². The molecule has 0 aromatic rings.